The Kier molecular flexibility index (Phi) is 7.08. The maximum absolute atomic E-state index is 10.3. The quantitative estimate of drug-likeness (QED) is 0.398. The average Bonchev–Trinajstić information content (AvgIpc) is 2.07. The fourth-order valence-electron chi connectivity index (χ4n) is 1.06. The molecule has 86 valence electrons. The number of nitrogens with two attached hydrogens (primary N) is 1. The largest absolute Gasteiger partial charge is 0.327 e. The van der Waals surface area contributed by atoms with Crippen LogP contribution in [-0.2, 0) is 10.1 Å². The van der Waals surface area contributed by atoms with Crippen LogP contribution < -0.4 is 11.1 Å². The van der Waals surface area contributed by atoms with Crippen molar-refractivity contribution in [2.24, 2.45) is 5.73 Å². The zero-order chi connectivity index (χ0) is 11.0. The molecule has 0 bridgehead atoms. The minimum Gasteiger partial charge on any atom is -0.327 e. The van der Waals surface area contributed by atoms with Gasteiger partial charge in [-0.3, -0.25) is 4.55 Å². The number of unbranched alkanes of at least 4 members (excludes halogenated alkanes) is 1. The molecule has 0 amide bonds. The molecule has 0 fully saturated rings. The molecular weight excluding hydrogens is 204 g/mol. The first-order valence-electron chi connectivity index (χ1n) is 4.87. The second kappa shape index (κ2) is 7.17. The van der Waals surface area contributed by atoms with Gasteiger partial charge in [0.1, 0.15) is 0 Å². The van der Waals surface area contributed by atoms with E-state index in [0.29, 0.717) is 6.54 Å². The van der Waals surface area contributed by atoms with E-state index in [9.17, 15) is 8.42 Å². The molecular formula is C8H20N2O3S. The standard InChI is InChI=1S/C8H20N2O3S/c1-2-3-4-8(9)7-10-5-6-14(11,12)13/h8,10H,2-7,9H2,1H3,(H,11,12,13). The molecule has 1 atom stereocenters. The Bertz CT molecular complexity index is 229. The fraction of sp³-hybridized carbons (Fsp3) is 1.00. The molecule has 5 nitrogen and oxygen atoms in total. The third kappa shape index (κ3) is 9.91. The van der Waals surface area contributed by atoms with Crippen LogP contribution in [-0.4, -0.2) is 37.9 Å². The van der Waals surface area contributed by atoms with E-state index in [2.05, 4.69) is 12.2 Å². The Balaban J connectivity index is 3.36. The maximum atomic E-state index is 10.3. The molecule has 0 aliphatic heterocycles. The summed E-state index contributed by atoms with van der Waals surface area (Å²) in [6.07, 6.45) is 3.13. The van der Waals surface area contributed by atoms with Crippen molar-refractivity contribution in [3.8, 4) is 0 Å². The summed E-state index contributed by atoms with van der Waals surface area (Å²) in [5.41, 5.74) is 5.74. The van der Waals surface area contributed by atoms with Gasteiger partial charge in [-0.1, -0.05) is 19.8 Å². The average molecular weight is 224 g/mol. The van der Waals surface area contributed by atoms with Gasteiger partial charge in [0, 0.05) is 19.1 Å². The van der Waals surface area contributed by atoms with Crippen molar-refractivity contribution < 1.29 is 13.0 Å². The Hall–Kier alpha value is -0.170. The monoisotopic (exact) mass is 224 g/mol. The molecule has 0 aliphatic rings. The third-order valence-corrected chi connectivity index (χ3v) is 2.59. The molecule has 0 saturated carbocycles. The summed E-state index contributed by atoms with van der Waals surface area (Å²) < 4.78 is 29.1. The molecule has 0 aromatic rings. The SMILES string of the molecule is CCCCC(N)CNCCS(=O)(=O)O. The van der Waals surface area contributed by atoms with Crippen LogP contribution in [0.15, 0.2) is 0 Å². The molecule has 0 aliphatic carbocycles. The van der Waals surface area contributed by atoms with Gasteiger partial charge >= 0.3 is 0 Å². The van der Waals surface area contributed by atoms with E-state index in [0.717, 1.165) is 19.3 Å². The van der Waals surface area contributed by atoms with Crippen molar-refractivity contribution in [3.63, 3.8) is 0 Å². The Morgan fingerprint density at radius 2 is 2.14 bits per heavy atom. The summed E-state index contributed by atoms with van der Waals surface area (Å²) in [6, 6.07) is 0.0661. The van der Waals surface area contributed by atoms with E-state index in [1.807, 2.05) is 0 Å². The van der Waals surface area contributed by atoms with Gasteiger partial charge in [0.2, 0.25) is 0 Å². The van der Waals surface area contributed by atoms with Gasteiger partial charge < -0.3 is 11.1 Å². The smallest absolute Gasteiger partial charge is 0.266 e. The number of nitrogens with one attached hydrogen (secondary N) is 1. The van der Waals surface area contributed by atoms with Crippen LogP contribution in [0.4, 0.5) is 0 Å². The van der Waals surface area contributed by atoms with Crippen molar-refractivity contribution in [1.29, 1.82) is 0 Å². The van der Waals surface area contributed by atoms with Gasteiger partial charge in [-0.15, -0.1) is 0 Å². The second-order valence-electron chi connectivity index (χ2n) is 3.39. The van der Waals surface area contributed by atoms with Crippen LogP contribution in [0, 0.1) is 0 Å². The second-order valence-corrected chi connectivity index (χ2v) is 4.96. The van der Waals surface area contributed by atoms with Crippen LogP contribution >= 0.6 is 0 Å². The first kappa shape index (κ1) is 13.8. The summed E-state index contributed by atoms with van der Waals surface area (Å²) in [5, 5.41) is 2.89. The van der Waals surface area contributed by atoms with Crippen LogP contribution in [0.5, 0.6) is 0 Å². The summed E-state index contributed by atoms with van der Waals surface area (Å²) in [4.78, 5) is 0. The zero-order valence-electron chi connectivity index (χ0n) is 8.57. The highest BCUT2D eigenvalue weighted by Crippen LogP contribution is 1.96. The predicted octanol–water partition coefficient (Wildman–Crippen LogP) is -0.0187. The zero-order valence-corrected chi connectivity index (χ0v) is 9.39. The summed E-state index contributed by atoms with van der Waals surface area (Å²) in [5.74, 6) is -0.256. The highest BCUT2D eigenvalue weighted by atomic mass is 32.2. The first-order valence-corrected chi connectivity index (χ1v) is 6.48. The van der Waals surface area contributed by atoms with Crippen LogP contribution in [0.1, 0.15) is 26.2 Å². The van der Waals surface area contributed by atoms with Gasteiger partial charge in [-0.05, 0) is 6.42 Å². The first-order chi connectivity index (χ1) is 6.45. The summed E-state index contributed by atoms with van der Waals surface area (Å²) >= 11 is 0. The van der Waals surface area contributed by atoms with E-state index < -0.39 is 10.1 Å². The molecule has 0 radical (unpaired) electrons. The van der Waals surface area contributed by atoms with Gasteiger partial charge in [-0.25, -0.2) is 0 Å². The predicted molar refractivity (Wildman–Crippen MR) is 56.8 cm³/mol. The van der Waals surface area contributed by atoms with Gasteiger partial charge in [0.25, 0.3) is 10.1 Å². The molecule has 0 aromatic heterocycles. The van der Waals surface area contributed by atoms with Crippen molar-refractivity contribution in [2.75, 3.05) is 18.8 Å². The van der Waals surface area contributed by atoms with E-state index >= 15 is 0 Å². The van der Waals surface area contributed by atoms with E-state index in [1.165, 1.54) is 0 Å². The Labute approximate surface area is 85.8 Å². The number of rotatable bonds is 8. The number of hydrogen-bond acceptors (Lipinski definition) is 4. The lowest BCUT2D eigenvalue weighted by Crippen LogP contribution is -2.35. The lowest BCUT2D eigenvalue weighted by Gasteiger charge is -2.11. The Morgan fingerprint density at radius 3 is 2.64 bits per heavy atom. The molecule has 4 N–H and O–H groups in total. The van der Waals surface area contributed by atoms with Gasteiger partial charge in [-0.2, -0.15) is 8.42 Å². The van der Waals surface area contributed by atoms with Crippen LogP contribution in [0.2, 0.25) is 0 Å². The van der Waals surface area contributed by atoms with Crippen molar-refractivity contribution >= 4 is 10.1 Å². The normalized spacial score (nSPS) is 14.2. The molecule has 0 rings (SSSR count). The Morgan fingerprint density at radius 1 is 1.50 bits per heavy atom. The molecule has 0 aromatic carbocycles. The number of hydrogen-bond donors (Lipinski definition) is 3. The highest BCUT2D eigenvalue weighted by Gasteiger charge is 2.04. The van der Waals surface area contributed by atoms with Crippen molar-refractivity contribution in [1.82, 2.24) is 5.32 Å². The third-order valence-electron chi connectivity index (χ3n) is 1.87. The van der Waals surface area contributed by atoms with Crippen molar-refractivity contribution in [3.05, 3.63) is 0 Å². The highest BCUT2D eigenvalue weighted by molar-refractivity contribution is 7.85. The van der Waals surface area contributed by atoms with Crippen LogP contribution in [0.3, 0.4) is 0 Å². The molecule has 0 heterocycles. The minimum atomic E-state index is -3.84. The molecule has 0 saturated heterocycles. The molecule has 14 heavy (non-hydrogen) atoms. The van der Waals surface area contributed by atoms with Crippen molar-refractivity contribution in [2.45, 2.75) is 32.2 Å². The van der Waals surface area contributed by atoms with E-state index in [4.69, 9.17) is 10.3 Å². The van der Waals surface area contributed by atoms with Gasteiger partial charge in [0.05, 0.1) is 5.75 Å². The van der Waals surface area contributed by atoms with E-state index in [-0.39, 0.29) is 18.3 Å². The minimum absolute atomic E-state index is 0.0661. The molecule has 1 unspecified atom stereocenters. The molecule has 0 spiro atoms. The fourth-order valence-corrected chi connectivity index (χ4v) is 1.46. The lowest BCUT2D eigenvalue weighted by atomic mass is 10.1. The van der Waals surface area contributed by atoms with Crippen LogP contribution in [0.25, 0.3) is 0 Å². The maximum Gasteiger partial charge on any atom is 0.266 e. The topological polar surface area (TPSA) is 92.4 Å². The lowest BCUT2D eigenvalue weighted by molar-refractivity contribution is 0.477. The summed E-state index contributed by atoms with van der Waals surface area (Å²) in [7, 11) is -3.84. The summed E-state index contributed by atoms with van der Waals surface area (Å²) in [6.45, 7) is 2.94. The van der Waals surface area contributed by atoms with Gasteiger partial charge in [0.15, 0.2) is 0 Å². The molecule has 6 heteroatoms. The van der Waals surface area contributed by atoms with E-state index in [1.54, 1.807) is 0 Å².